The van der Waals surface area contributed by atoms with Crippen LogP contribution in [0.1, 0.15) is 35.3 Å². The fourth-order valence-electron chi connectivity index (χ4n) is 2.20. The van der Waals surface area contributed by atoms with Gasteiger partial charge in [0.05, 0.1) is 5.56 Å². The Bertz CT molecular complexity index is 604. The third-order valence-corrected chi connectivity index (χ3v) is 3.86. The maximum absolute atomic E-state index is 11.0. The lowest BCUT2D eigenvalue weighted by atomic mass is 9.77. The number of hydrogen-bond donors (Lipinski definition) is 1. The molecule has 0 saturated carbocycles. The molecule has 19 heavy (non-hydrogen) atoms. The molecule has 2 nitrogen and oxygen atoms in total. The number of hydrogen-bond acceptors (Lipinski definition) is 2. The summed E-state index contributed by atoms with van der Waals surface area (Å²) in [6, 6.07) is 13.4. The molecule has 0 saturated heterocycles. The highest BCUT2D eigenvalue weighted by atomic mass is 79.9. The first-order valence-electron chi connectivity index (χ1n) is 6.00. The third kappa shape index (κ3) is 2.56. The van der Waals surface area contributed by atoms with Gasteiger partial charge in [-0.05, 0) is 17.7 Å². The molecule has 0 aliphatic carbocycles. The quantitative estimate of drug-likeness (QED) is 0.857. The summed E-state index contributed by atoms with van der Waals surface area (Å²) in [7, 11) is 0. The number of halogens is 1. The standard InChI is InChI=1S/C16H15BrO2/c1-16(2,12-6-4-3-5-7-12)14-9-13(17)8-11(10-18)15(14)19/h3-10,19H,1-2H3. The molecule has 0 aliphatic heterocycles. The third-order valence-electron chi connectivity index (χ3n) is 3.40. The van der Waals surface area contributed by atoms with Gasteiger partial charge in [0, 0.05) is 15.5 Å². The second kappa shape index (κ2) is 5.17. The summed E-state index contributed by atoms with van der Waals surface area (Å²) in [5, 5.41) is 10.3. The number of phenols is 1. The van der Waals surface area contributed by atoms with E-state index in [1.165, 1.54) is 0 Å². The zero-order chi connectivity index (χ0) is 14.0. The van der Waals surface area contributed by atoms with E-state index in [-0.39, 0.29) is 11.2 Å². The molecule has 1 N–H and O–H groups in total. The maximum Gasteiger partial charge on any atom is 0.153 e. The van der Waals surface area contributed by atoms with Crippen LogP contribution in [0.4, 0.5) is 0 Å². The summed E-state index contributed by atoms with van der Waals surface area (Å²) in [4.78, 5) is 11.0. The minimum absolute atomic E-state index is 0.0482. The van der Waals surface area contributed by atoms with E-state index in [1.807, 2.05) is 50.2 Å². The number of rotatable bonds is 3. The first-order valence-corrected chi connectivity index (χ1v) is 6.80. The minimum Gasteiger partial charge on any atom is -0.507 e. The molecule has 98 valence electrons. The van der Waals surface area contributed by atoms with E-state index in [1.54, 1.807) is 6.07 Å². The molecule has 2 aromatic carbocycles. The lowest BCUT2D eigenvalue weighted by molar-refractivity contribution is 0.112. The Labute approximate surface area is 121 Å². The Kier molecular flexibility index (Phi) is 3.76. The van der Waals surface area contributed by atoms with E-state index >= 15 is 0 Å². The van der Waals surface area contributed by atoms with Gasteiger partial charge in [0.1, 0.15) is 5.75 Å². The highest BCUT2D eigenvalue weighted by Gasteiger charge is 2.27. The van der Waals surface area contributed by atoms with Crippen LogP contribution in [-0.4, -0.2) is 11.4 Å². The SMILES string of the molecule is CC(C)(c1ccccc1)c1cc(Br)cc(C=O)c1O. The molecule has 0 radical (unpaired) electrons. The summed E-state index contributed by atoms with van der Waals surface area (Å²) in [5.74, 6) is 0.0482. The molecule has 0 bridgehead atoms. The van der Waals surface area contributed by atoms with Crippen molar-refractivity contribution in [2.75, 3.05) is 0 Å². The summed E-state index contributed by atoms with van der Waals surface area (Å²) in [6.07, 6.45) is 0.671. The molecule has 0 fully saturated rings. The zero-order valence-corrected chi connectivity index (χ0v) is 12.4. The van der Waals surface area contributed by atoms with E-state index < -0.39 is 0 Å². The van der Waals surface area contributed by atoms with Gasteiger partial charge in [0.25, 0.3) is 0 Å². The smallest absolute Gasteiger partial charge is 0.153 e. The van der Waals surface area contributed by atoms with Gasteiger partial charge >= 0.3 is 0 Å². The molecule has 0 aromatic heterocycles. The summed E-state index contributed by atoms with van der Waals surface area (Å²) < 4.78 is 0.784. The van der Waals surface area contributed by atoms with Gasteiger partial charge in [-0.2, -0.15) is 0 Å². The van der Waals surface area contributed by atoms with E-state index in [4.69, 9.17) is 0 Å². The number of phenolic OH excluding ortho intramolecular Hbond substituents is 1. The number of aldehydes is 1. The zero-order valence-electron chi connectivity index (χ0n) is 10.9. The molecule has 0 spiro atoms. The van der Waals surface area contributed by atoms with Crippen LogP contribution < -0.4 is 0 Å². The van der Waals surface area contributed by atoms with E-state index in [2.05, 4.69) is 15.9 Å². The van der Waals surface area contributed by atoms with Gasteiger partial charge in [-0.3, -0.25) is 4.79 Å². The largest absolute Gasteiger partial charge is 0.507 e. The highest BCUT2D eigenvalue weighted by Crippen LogP contribution is 2.39. The van der Waals surface area contributed by atoms with E-state index in [9.17, 15) is 9.90 Å². The van der Waals surface area contributed by atoms with Crippen LogP contribution in [-0.2, 0) is 5.41 Å². The van der Waals surface area contributed by atoms with E-state index in [0.29, 0.717) is 11.8 Å². The Balaban J connectivity index is 2.64. The predicted octanol–water partition coefficient (Wildman–Crippen LogP) is 4.29. The number of aromatic hydroxyl groups is 1. The van der Waals surface area contributed by atoms with Crippen LogP contribution in [0, 0.1) is 0 Å². The van der Waals surface area contributed by atoms with Crippen molar-refractivity contribution in [3.63, 3.8) is 0 Å². The second-order valence-electron chi connectivity index (χ2n) is 5.00. The molecule has 0 unspecified atom stereocenters. The van der Waals surface area contributed by atoms with Crippen LogP contribution in [0.5, 0.6) is 5.75 Å². The van der Waals surface area contributed by atoms with Crippen molar-refractivity contribution in [3.05, 3.63) is 63.6 Å². The van der Waals surface area contributed by atoms with Crippen molar-refractivity contribution in [2.24, 2.45) is 0 Å². The van der Waals surface area contributed by atoms with Crippen molar-refractivity contribution in [3.8, 4) is 5.75 Å². The summed E-state index contributed by atoms with van der Waals surface area (Å²) in [5.41, 5.74) is 1.73. The average molecular weight is 319 g/mol. The Hall–Kier alpha value is -1.61. The Morgan fingerprint density at radius 1 is 1.16 bits per heavy atom. The van der Waals surface area contributed by atoms with Crippen LogP contribution in [0.25, 0.3) is 0 Å². The van der Waals surface area contributed by atoms with Crippen LogP contribution >= 0.6 is 15.9 Å². The number of carbonyl (C=O) groups excluding carboxylic acids is 1. The maximum atomic E-state index is 11.0. The fourth-order valence-corrected chi connectivity index (χ4v) is 2.67. The van der Waals surface area contributed by atoms with Gasteiger partial charge in [0.15, 0.2) is 6.29 Å². The predicted molar refractivity (Wildman–Crippen MR) is 79.8 cm³/mol. The molecule has 2 rings (SSSR count). The first kappa shape index (κ1) is 13.8. The minimum atomic E-state index is -0.382. The van der Waals surface area contributed by atoms with Crippen LogP contribution in [0.15, 0.2) is 46.9 Å². The van der Waals surface area contributed by atoms with Gasteiger partial charge in [0.2, 0.25) is 0 Å². The lowest BCUT2D eigenvalue weighted by Gasteiger charge is -2.27. The van der Waals surface area contributed by atoms with Gasteiger partial charge in [-0.15, -0.1) is 0 Å². The van der Waals surface area contributed by atoms with Crippen molar-refractivity contribution < 1.29 is 9.90 Å². The van der Waals surface area contributed by atoms with Crippen molar-refractivity contribution in [1.82, 2.24) is 0 Å². The molecular formula is C16H15BrO2. The number of carbonyl (C=O) groups is 1. The normalized spacial score (nSPS) is 11.3. The van der Waals surface area contributed by atoms with Gasteiger partial charge < -0.3 is 5.11 Å². The second-order valence-corrected chi connectivity index (χ2v) is 5.92. The molecule has 0 aliphatic rings. The Morgan fingerprint density at radius 3 is 2.37 bits per heavy atom. The van der Waals surface area contributed by atoms with Crippen LogP contribution in [0.3, 0.4) is 0 Å². The molecule has 2 aromatic rings. The summed E-state index contributed by atoms with van der Waals surface area (Å²) >= 11 is 3.38. The average Bonchev–Trinajstić information content (AvgIpc) is 2.41. The first-order chi connectivity index (χ1) is 8.96. The number of benzene rings is 2. The van der Waals surface area contributed by atoms with Gasteiger partial charge in [-0.25, -0.2) is 0 Å². The highest BCUT2D eigenvalue weighted by molar-refractivity contribution is 9.10. The van der Waals surface area contributed by atoms with Crippen molar-refractivity contribution in [2.45, 2.75) is 19.3 Å². The topological polar surface area (TPSA) is 37.3 Å². The molecule has 3 heteroatoms. The van der Waals surface area contributed by atoms with Crippen molar-refractivity contribution >= 4 is 22.2 Å². The molecular weight excluding hydrogens is 304 g/mol. The van der Waals surface area contributed by atoms with Gasteiger partial charge in [-0.1, -0.05) is 60.1 Å². The van der Waals surface area contributed by atoms with Crippen LogP contribution in [0.2, 0.25) is 0 Å². The monoisotopic (exact) mass is 318 g/mol. The molecule has 0 atom stereocenters. The van der Waals surface area contributed by atoms with Crippen molar-refractivity contribution in [1.29, 1.82) is 0 Å². The Morgan fingerprint density at radius 2 is 1.79 bits per heavy atom. The van der Waals surface area contributed by atoms with E-state index in [0.717, 1.165) is 15.6 Å². The lowest BCUT2D eigenvalue weighted by Crippen LogP contribution is -2.19. The summed E-state index contributed by atoms with van der Waals surface area (Å²) in [6.45, 7) is 4.05. The fraction of sp³-hybridized carbons (Fsp3) is 0.188. The molecule has 0 amide bonds. The molecule has 0 heterocycles.